The molecule has 6 nitrogen and oxygen atoms in total. The van der Waals surface area contributed by atoms with Crippen molar-refractivity contribution in [1.82, 2.24) is 0 Å². The maximum absolute atomic E-state index is 11.5. The minimum absolute atomic E-state index is 0.0237. The highest BCUT2D eigenvalue weighted by Crippen LogP contribution is 2.20. The Kier molecular flexibility index (Phi) is 4.59. The topological polar surface area (TPSA) is 93.2 Å². The Bertz CT molecular complexity index is 607. The van der Waals surface area contributed by atoms with E-state index >= 15 is 0 Å². The van der Waals surface area contributed by atoms with Crippen molar-refractivity contribution in [2.45, 2.75) is 26.4 Å². The Labute approximate surface area is 116 Å². The third kappa shape index (κ3) is 4.53. The number of esters is 1. The van der Waals surface area contributed by atoms with E-state index in [1.54, 1.807) is 26.8 Å². The number of nitro groups is 1. The van der Waals surface area contributed by atoms with E-state index in [9.17, 15) is 14.9 Å². The van der Waals surface area contributed by atoms with Gasteiger partial charge in [0.1, 0.15) is 17.2 Å². The Morgan fingerprint density at radius 3 is 2.60 bits per heavy atom. The highest BCUT2D eigenvalue weighted by molar-refractivity contribution is 5.87. The molecule has 104 valence electrons. The smallest absolute Gasteiger partial charge is 0.331 e. The number of nitriles is 1. The predicted octanol–water partition coefficient (Wildman–Crippen LogP) is 2.82. The molecule has 0 aliphatic carbocycles. The van der Waals surface area contributed by atoms with E-state index < -0.39 is 16.5 Å². The van der Waals surface area contributed by atoms with Crippen LogP contribution in [0.4, 0.5) is 5.69 Å². The van der Waals surface area contributed by atoms with E-state index in [0.29, 0.717) is 5.56 Å². The zero-order chi connectivity index (χ0) is 15.3. The largest absolute Gasteiger partial charge is 0.457 e. The summed E-state index contributed by atoms with van der Waals surface area (Å²) in [5, 5.41) is 19.6. The van der Waals surface area contributed by atoms with Crippen molar-refractivity contribution in [2.24, 2.45) is 0 Å². The van der Waals surface area contributed by atoms with Crippen LogP contribution in [0.2, 0.25) is 0 Å². The van der Waals surface area contributed by atoms with Gasteiger partial charge >= 0.3 is 5.97 Å². The number of ether oxygens (including phenoxy) is 1. The Morgan fingerprint density at radius 2 is 2.10 bits per heavy atom. The molecule has 0 saturated carbocycles. The molecule has 1 rings (SSSR count). The van der Waals surface area contributed by atoms with E-state index in [1.165, 1.54) is 30.4 Å². The van der Waals surface area contributed by atoms with Crippen LogP contribution in [0.5, 0.6) is 0 Å². The number of carbonyl (C=O) groups is 1. The third-order valence-corrected chi connectivity index (χ3v) is 2.16. The summed E-state index contributed by atoms with van der Waals surface area (Å²) in [4.78, 5) is 21.6. The van der Waals surface area contributed by atoms with Crippen LogP contribution in [0, 0.1) is 21.4 Å². The maximum Gasteiger partial charge on any atom is 0.331 e. The Balaban J connectivity index is 2.95. The molecule has 0 N–H and O–H groups in total. The summed E-state index contributed by atoms with van der Waals surface area (Å²) < 4.78 is 5.07. The molecule has 0 aliphatic rings. The first-order valence-corrected chi connectivity index (χ1v) is 5.82. The van der Waals surface area contributed by atoms with Crippen LogP contribution in [0.1, 0.15) is 31.9 Å². The SMILES string of the molecule is CC(C)(C)OC(=O)/C=C/c1ccc(C#N)c([N+](=O)[O-])c1. The molecular formula is C14H14N2O4. The molecule has 6 heteroatoms. The molecule has 0 radical (unpaired) electrons. The van der Waals surface area contributed by atoms with Gasteiger partial charge in [-0.25, -0.2) is 4.79 Å². The van der Waals surface area contributed by atoms with E-state index in [1.807, 2.05) is 0 Å². The van der Waals surface area contributed by atoms with Gasteiger partial charge in [0.2, 0.25) is 0 Å². The summed E-state index contributed by atoms with van der Waals surface area (Å²) in [6.07, 6.45) is 2.60. The molecule has 0 fully saturated rings. The van der Waals surface area contributed by atoms with Gasteiger partial charge in [0.25, 0.3) is 5.69 Å². The molecule has 1 aromatic rings. The molecule has 0 atom stereocenters. The summed E-state index contributed by atoms with van der Waals surface area (Å²) in [7, 11) is 0. The Hall–Kier alpha value is -2.68. The average Bonchev–Trinajstić information content (AvgIpc) is 2.33. The molecule has 0 aromatic heterocycles. The zero-order valence-electron chi connectivity index (χ0n) is 11.4. The lowest BCUT2D eigenvalue weighted by Crippen LogP contribution is -2.22. The van der Waals surface area contributed by atoms with Crippen LogP contribution >= 0.6 is 0 Å². The number of benzene rings is 1. The fraction of sp³-hybridized carbons (Fsp3) is 0.286. The normalized spacial score (nSPS) is 11.1. The number of hydrogen-bond donors (Lipinski definition) is 0. The lowest BCUT2D eigenvalue weighted by Gasteiger charge is -2.17. The van der Waals surface area contributed by atoms with E-state index in [2.05, 4.69) is 0 Å². The second-order valence-electron chi connectivity index (χ2n) is 5.01. The highest BCUT2D eigenvalue weighted by Gasteiger charge is 2.15. The minimum Gasteiger partial charge on any atom is -0.457 e. The van der Waals surface area contributed by atoms with Crippen LogP contribution in [0.3, 0.4) is 0 Å². The number of carbonyl (C=O) groups excluding carboxylic acids is 1. The quantitative estimate of drug-likeness (QED) is 0.365. The van der Waals surface area contributed by atoms with Gasteiger partial charge in [-0.15, -0.1) is 0 Å². The standard InChI is InChI=1S/C14H14N2O4/c1-14(2,3)20-13(17)7-5-10-4-6-11(9-15)12(8-10)16(18)19/h4-8H,1-3H3/b7-5+. The fourth-order valence-corrected chi connectivity index (χ4v) is 1.40. The summed E-state index contributed by atoms with van der Waals surface area (Å²) >= 11 is 0. The molecule has 0 spiro atoms. The first kappa shape index (κ1) is 15.4. The molecule has 0 heterocycles. The van der Waals surface area contributed by atoms with Crippen molar-refractivity contribution in [3.05, 3.63) is 45.5 Å². The first-order chi connectivity index (χ1) is 9.23. The monoisotopic (exact) mass is 274 g/mol. The second kappa shape index (κ2) is 5.97. The number of rotatable bonds is 3. The first-order valence-electron chi connectivity index (χ1n) is 5.82. The molecule has 0 saturated heterocycles. The molecule has 0 amide bonds. The predicted molar refractivity (Wildman–Crippen MR) is 72.7 cm³/mol. The highest BCUT2D eigenvalue weighted by atomic mass is 16.6. The zero-order valence-corrected chi connectivity index (χ0v) is 11.4. The van der Waals surface area contributed by atoms with Crippen molar-refractivity contribution in [2.75, 3.05) is 0 Å². The van der Waals surface area contributed by atoms with Gasteiger partial charge < -0.3 is 4.74 Å². The molecule has 1 aromatic carbocycles. The van der Waals surface area contributed by atoms with Crippen molar-refractivity contribution >= 4 is 17.7 Å². The number of nitrogens with zero attached hydrogens (tertiary/aromatic N) is 2. The molecular weight excluding hydrogens is 260 g/mol. The lowest BCUT2D eigenvalue weighted by atomic mass is 10.1. The van der Waals surface area contributed by atoms with E-state index in [-0.39, 0.29) is 11.3 Å². The van der Waals surface area contributed by atoms with Crippen LogP contribution in [0.25, 0.3) is 6.08 Å². The van der Waals surface area contributed by atoms with Crippen LogP contribution in [-0.4, -0.2) is 16.5 Å². The van der Waals surface area contributed by atoms with Crippen molar-refractivity contribution in [1.29, 1.82) is 5.26 Å². The molecule has 0 aliphatic heterocycles. The minimum atomic E-state index is -0.636. The van der Waals surface area contributed by atoms with E-state index in [0.717, 1.165) is 0 Å². The van der Waals surface area contributed by atoms with Gasteiger partial charge in [-0.05, 0) is 38.5 Å². The number of nitro benzene ring substituents is 1. The van der Waals surface area contributed by atoms with Gasteiger partial charge in [-0.1, -0.05) is 6.07 Å². The van der Waals surface area contributed by atoms with Crippen LogP contribution < -0.4 is 0 Å². The van der Waals surface area contributed by atoms with Crippen molar-refractivity contribution < 1.29 is 14.5 Å². The fourth-order valence-electron chi connectivity index (χ4n) is 1.40. The maximum atomic E-state index is 11.5. The number of hydrogen-bond acceptors (Lipinski definition) is 5. The summed E-state index contributed by atoms with van der Waals surface area (Å²) in [5.41, 5.74) is -0.470. The molecule has 0 bridgehead atoms. The summed E-state index contributed by atoms with van der Waals surface area (Å²) in [6, 6.07) is 5.84. The van der Waals surface area contributed by atoms with Gasteiger partial charge in [-0.2, -0.15) is 5.26 Å². The van der Waals surface area contributed by atoms with Crippen LogP contribution in [0.15, 0.2) is 24.3 Å². The Morgan fingerprint density at radius 1 is 1.45 bits per heavy atom. The third-order valence-electron chi connectivity index (χ3n) is 2.16. The van der Waals surface area contributed by atoms with Crippen molar-refractivity contribution in [3.63, 3.8) is 0 Å². The molecule has 20 heavy (non-hydrogen) atoms. The van der Waals surface area contributed by atoms with Gasteiger partial charge in [-0.3, -0.25) is 10.1 Å². The van der Waals surface area contributed by atoms with Crippen molar-refractivity contribution in [3.8, 4) is 6.07 Å². The second-order valence-corrected chi connectivity index (χ2v) is 5.01. The molecule has 0 unspecified atom stereocenters. The van der Waals surface area contributed by atoms with Gasteiger partial charge in [0.15, 0.2) is 0 Å². The summed E-state index contributed by atoms with van der Waals surface area (Å²) in [6.45, 7) is 5.22. The van der Waals surface area contributed by atoms with E-state index in [4.69, 9.17) is 10.00 Å². The van der Waals surface area contributed by atoms with Gasteiger partial charge in [0, 0.05) is 12.1 Å². The van der Waals surface area contributed by atoms with Crippen LogP contribution in [-0.2, 0) is 9.53 Å². The lowest BCUT2D eigenvalue weighted by molar-refractivity contribution is -0.385. The summed E-state index contributed by atoms with van der Waals surface area (Å²) in [5.74, 6) is -0.537. The van der Waals surface area contributed by atoms with Gasteiger partial charge in [0.05, 0.1) is 4.92 Å². The average molecular weight is 274 g/mol.